The highest BCUT2D eigenvalue weighted by atomic mass is 19.4. The van der Waals surface area contributed by atoms with E-state index in [-0.39, 0.29) is 37.1 Å². The smallest absolute Gasteiger partial charge is 0.419 e. The number of aliphatic imine (C=N–C) groups is 1. The van der Waals surface area contributed by atoms with Crippen molar-refractivity contribution in [1.82, 2.24) is 9.13 Å². The standard InChI is InChI=1S/C24H24F4N4O3/c1-4-12-32-22(33)20(21(29-2)30(3)23(32)34)31(14-16-8-6-5-7-9-16)15-35-17-10-11-19(25)18(13-17)24(26,27)28/h5-11,13H,2,4,12,14-15H2,1,3H3. The predicted octanol–water partition coefficient (Wildman–Crippen LogP) is 4.49. The molecule has 1 aromatic heterocycles. The van der Waals surface area contributed by atoms with Crippen LogP contribution < -0.4 is 20.9 Å². The Hall–Kier alpha value is -3.89. The number of halogens is 4. The summed E-state index contributed by atoms with van der Waals surface area (Å²) in [4.78, 5) is 31.4. The number of nitrogens with zero attached hydrogens (tertiary/aromatic N) is 4. The van der Waals surface area contributed by atoms with Gasteiger partial charge in [0.2, 0.25) is 0 Å². The quantitative estimate of drug-likeness (QED) is 0.251. The van der Waals surface area contributed by atoms with E-state index in [0.717, 1.165) is 16.2 Å². The van der Waals surface area contributed by atoms with Crippen molar-refractivity contribution in [3.8, 4) is 5.75 Å². The Morgan fingerprint density at radius 2 is 1.80 bits per heavy atom. The predicted molar refractivity (Wildman–Crippen MR) is 125 cm³/mol. The zero-order valence-corrected chi connectivity index (χ0v) is 19.2. The van der Waals surface area contributed by atoms with E-state index in [2.05, 4.69) is 11.7 Å². The van der Waals surface area contributed by atoms with Gasteiger partial charge in [0.15, 0.2) is 12.5 Å². The molecule has 0 aliphatic carbocycles. The molecule has 0 atom stereocenters. The average molecular weight is 492 g/mol. The van der Waals surface area contributed by atoms with Crippen molar-refractivity contribution in [3.05, 3.63) is 86.3 Å². The lowest BCUT2D eigenvalue weighted by atomic mass is 10.2. The van der Waals surface area contributed by atoms with Crippen LogP contribution in [0.3, 0.4) is 0 Å². The van der Waals surface area contributed by atoms with E-state index in [9.17, 15) is 27.2 Å². The Labute approximate surface area is 198 Å². The maximum Gasteiger partial charge on any atom is 0.419 e. The molecule has 186 valence electrons. The van der Waals surface area contributed by atoms with Crippen LogP contribution in [-0.4, -0.2) is 22.6 Å². The van der Waals surface area contributed by atoms with Gasteiger partial charge in [-0.15, -0.1) is 0 Å². The van der Waals surface area contributed by atoms with Crippen LogP contribution in [-0.2, 0) is 26.3 Å². The van der Waals surface area contributed by atoms with E-state index in [4.69, 9.17) is 4.74 Å². The van der Waals surface area contributed by atoms with E-state index in [1.165, 1.54) is 16.5 Å². The molecule has 0 fully saturated rings. The molecular weight excluding hydrogens is 468 g/mol. The Bertz CT molecular complexity index is 1320. The van der Waals surface area contributed by atoms with Crippen molar-refractivity contribution < 1.29 is 22.3 Å². The maximum atomic E-state index is 13.7. The highest BCUT2D eigenvalue weighted by Crippen LogP contribution is 2.34. The van der Waals surface area contributed by atoms with Crippen LogP contribution in [0.1, 0.15) is 24.5 Å². The number of ether oxygens (including phenoxy) is 1. The van der Waals surface area contributed by atoms with Crippen molar-refractivity contribution in [3.63, 3.8) is 0 Å². The molecule has 0 N–H and O–H groups in total. The molecule has 0 amide bonds. The second-order valence-corrected chi connectivity index (χ2v) is 7.73. The fraction of sp³-hybridized carbons (Fsp3) is 0.292. The lowest BCUT2D eigenvalue weighted by Crippen LogP contribution is -2.43. The van der Waals surface area contributed by atoms with Crippen molar-refractivity contribution in [1.29, 1.82) is 0 Å². The molecule has 2 aromatic carbocycles. The summed E-state index contributed by atoms with van der Waals surface area (Å²) in [7, 11) is 1.44. The number of alkyl halides is 3. The molecule has 7 nitrogen and oxygen atoms in total. The van der Waals surface area contributed by atoms with Gasteiger partial charge >= 0.3 is 11.9 Å². The molecule has 0 saturated carbocycles. The van der Waals surface area contributed by atoms with Gasteiger partial charge in [0.1, 0.15) is 17.3 Å². The molecule has 35 heavy (non-hydrogen) atoms. The Balaban J connectivity index is 2.09. The molecular formula is C24H24F4N4O3. The zero-order valence-electron chi connectivity index (χ0n) is 19.2. The molecule has 0 saturated heterocycles. The maximum absolute atomic E-state index is 13.7. The normalized spacial score (nSPS) is 11.4. The van der Waals surface area contributed by atoms with Gasteiger partial charge in [-0.1, -0.05) is 37.3 Å². The van der Waals surface area contributed by atoms with Crippen LogP contribution in [0, 0.1) is 5.82 Å². The lowest BCUT2D eigenvalue weighted by molar-refractivity contribution is -0.140. The largest absolute Gasteiger partial charge is 0.473 e. The van der Waals surface area contributed by atoms with Gasteiger partial charge < -0.3 is 9.64 Å². The van der Waals surface area contributed by atoms with Crippen LogP contribution >= 0.6 is 0 Å². The molecule has 0 aliphatic heterocycles. The first-order chi connectivity index (χ1) is 16.6. The summed E-state index contributed by atoms with van der Waals surface area (Å²) in [6, 6.07) is 11.2. The Morgan fingerprint density at radius 3 is 2.40 bits per heavy atom. The number of benzene rings is 2. The summed E-state index contributed by atoms with van der Waals surface area (Å²) >= 11 is 0. The Morgan fingerprint density at radius 1 is 1.11 bits per heavy atom. The number of hydrogen-bond acceptors (Lipinski definition) is 5. The van der Waals surface area contributed by atoms with Crippen molar-refractivity contribution in [2.24, 2.45) is 12.0 Å². The minimum absolute atomic E-state index is 0.00226. The second kappa shape index (κ2) is 10.6. The number of anilines is 1. The first-order valence-electron chi connectivity index (χ1n) is 10.7. The molecule has 0 bridgehead atoms. The molecule has 0 spiro atoms. The lowest BCUT2D eigenvalue weighted by Gasteiger charge is -2.27. The van der Waals surface area contributed by atoms with Crippen molar-refractivity contribution >= 4 is 18.2 Å². The molecule has 0 radical (unpaired) electrons. The minimum Gasteiger partial charge on any atom is -0.473 e. The second-order valence-electron chi connectivity index (χ2n) is 7.73. The third-order valence-corrected chi connectivity index (χ3v) is 5.25. The van der Waals surface area contributed by atoms with E-state index in [1.807, 2.05) is 6.92 Å². The SMILES string of the molecule is C=Nc1c(N(COc2ccc(F)c(C(F)(F)F)c2)Cc2ccccc2)c(=O)n(CCC)c(=O)n1C. The third-order valence-electron chi connectivity index (χ3n) is 5.25. The number of aromatic nitrogens is 2. The monoisotopic (exact) mass is 492 g/mol. The van der Waals surface area contributed by atoms with E-state index < -0.39 is 28.8 Å². The van der Waals surface area contributed by atoms with Gasteiger partial charge in [0.05, 0.1) is 5.56 Å². The summed E-state index contributed by atoms with van der Waals surface area (Å²) in [5.41, 5.74) is -1.91. The topological polar surface area (TPSA) is 68.8 Å². The van der Waals surface area contributed by atoms with E-state index in [0.29, 0.717) is 18.6 Å². The van der Waals surface area contributed by atoms with Gasteiger partial charge in [0, 0.05) is 20.1 Å². The molecule has 0 aliphatic rings. The van der Waals surface area contributed by atoms with Gasteiger partial charge in [-0.05, 0) is 36.9 Å². The molecule has 1 heterocycles. The fourth-order valence-corrected chi connectivity index (χ4v) is 3.58. The van der Waals surface area contributed by atoms with Gasteiger partial charge in [-0.25, -0.2) is 14.2 Å². The number of rotatable bonds is 9. The molecule has 11 heteroatoms. The highest BCUT2D eigenvalue weighted by Gasteiger charge is 2.34. The van der Waals surface area contributed by atoms with Crippen LogP contribution in [0.15, 0.2) is 63.1 Å². The first kappa shape index (κ1) is 25.7. The van der Waals surface area contributed by atoms with E-state index >= 15 is 0 Å². The molecule has 0 unspecified atom stereocenters. The Kier molecular flexibility index (Phi) is 7.78. The van der Waals surface area contributed by atoms with Crippen LogP contribution in [0.2, 0.25) is 0 Å². The number of hydrogen-bond donors (Lipinski definition) is 0. The first-order valence-corrected chi connectivity index (χ1v) is 10.7. The van der Waals surface area contributed by atoms with Crippen molar-refractivity contribution in [2.45, 2.75) is 32.6 Å². The summed E-state index contributed by atoms with van der Waals surface area (Å²) in [5, 5.41) is 0. The van der Waals surface area contributed by atoms with Gasteiger partial charge in [-0.2, -0.15) is 13.2 Å². The summed E-state index contributed by atoms with van der Waals surface area (Å²) < 4.78 is 60.9. The summed E-state index contributed by atoms with van der Waals surface area (Å²) in [6.07, 6.45) is -4.39. The average Bonchev–Trinajstić information content (AvgIpc) is 2.82. The van der Waals surface area contributed by atoms with Gasteiger partial charge in [-0.3, -0.25) is 13.9 Å². The fourth-order valence-electron chi connectivity index (χ4n) is 3.58. The van der Waals surface area contributed by atoms with Crippen LogP contribution in [0.4, 0.5) is 29.1 Å². The van der Waals surface area contributed by atoms with E-state index in [1.54, 1.807) is 30.3 Å². The van der Waals surface area contributed by atoms with Gasteiger partial charge in [0.25, 0.3) is 5.56 Å². The highest BCUT2D eigenvalue weighted by molar-refractivity contribution is 5.64. The molecule has 3 rings (SSSR count). The third kappa shape index (κ3) is 5.61. The summed E-state index contributed by atoms with van der Waals surface area (Å²) in [5.74, 6) is -1.68. The van der Waals surface area contributed by atoms with Crippen LogP contribution in [0.5, 0.6) is 5.75 Å². The summed E-state index contributed by atoms with van der Waals surface area (Å²) in [6.45, 7) is 5.16. The minimum atomic E-state index is -4.90. The van der Waals surface area contributed by atoms with Crippen LogP contribution in [0.25, 0.3) is 0 Å². The zero-order chi connectivity index (χ0) is 25.8. The van der Waals surface area contributed by atoms with Crippen molar-refractivity contribution in [2.75, 3.05) is 11.6 Å². The molecule has 3 aromatic rings.